The number of alkyl halides is 2. The summed E-state index contributed by atoms with van der Waals surface area (Å²) in [6.07, 6.45) is -2.71. The van der Waals surface area contributed by atoms with E-state index in [4.69, 9.17) is 11.6 Å². The Morgan fingerprint density at radius 3 is 2.39 bits per heavy atom. The van der Waals surface area contributed by atoms with Gasteiger partial charge in [-0.1, -0.05) is 38.4 Å². The van der Waals surface area contributed by atoms with Gasteiger partial charge in [-0.2, -0.15) is 0 Å². The van der Waals surface area contributed by atoms with Crippen LogP contribution < -0.4 is 0 Å². The Morgan fingerprint density at radius 1 is 1.17 bits per heavy atom. The predicted octanol–water partition coefficient (Wildman–Crippen LogP) is 4.52. The van der Waals surface area contributed by atoms with Gasteiger partial charge in [-0.25, -0.2) is 18.7 Å². The molecular formula is C13H13ClF2N2. The Morgan fingerprint density at radius 2 is 1.83 bits per heavy atom. The van der Waals surface area contributed by atoms with Gasteiger partial charge in [0.1, 0.15) is 5.15 Å². The summed E-state index contributed by atoms with van der Waals surface area (Å²) in [5.41, 5.74) is 1.46. The number of nitrogens with zero attached hydrogens (tertiary/aromatic N) is 2. The molecule has 0 radical (unpaired) electrons. The van der Waals surface area contributed by atoms with Crippen molar-refractivity contribution in [2.24, 2.45) is 0 Å². The summed E-state index contributed by atoms with van der Waals surface area (Å²) in [4.78, 5) is 7.44. The van der Waals surface area contributed by atoms with Gasteiger partial charge in [0.15, 0.2) is 5.82 Å². The van der Waals surface area contributed by atoms with Crippen LogP contribution in [-0.4, -0.2) is 9.97 Å². The van der Waals surface area contributed by atoms with Gasteiger partial charge in [0.05, 0.1) is 5.52 Å². The van der Waals surface area contributed by atoms with Gasteiger partial charge in [-0.3, -0.25) is 0 Å². The number of fused-ring (bicyclic) bond motifs is 1. The standard InChI is InChI=1S/C13H13ClF2N2/c1-13(2,3)7-4-5-9-8(6-7)10(14)18-12(17-9)11(15)16/h4-6,11H,1-3H3. The van der Waals surface area contributed by atoms with E-state index in [0.29, 0.717) is 10.9 Å². The topological polar surface area (TPSA) is 25.8 Å². The molecule has 2 nitrogen and oxygen atoms in total. The van der Waals surface area contributed by atoms with Crippen LogP contribution in [0.25, 0.3) is 10.9 Å². The van der Waals surface area contributed by atoms with Crippen molar-refractivity contribution in [1.82, 2.24) is 9.97 Å². The fraction of sp³-hybridized carbons (Fsp3) is 0.385. The lowest BCUT2D eigenvalue weighted by Gasteiger charge is -2.19. The third-order valence-corrected chi connectivity index (χ3v) is 3.02. The highest BCUT2D eigenvalue weighted by Crippen LogP contribution is 2.29. The zero-order valence-corrected chi connectivity index (χ0v) is 11.1. The van der Waals surface area contributed by atoms with Gasteiger partial charge in [0.25, 0.3) is 6.43 Å². The maximum absolute atomic E-state index is 12.6. The SMILES string of the molecule is CC(C)(C)c1ccc2nc(C(F)F)nc(Cl)c2c1. The van der Waals surface area contributed by atoms with Crippen molar-refractivity contribution in [3.8, 4) is 0 Å². The minimum Gasteiger partial charge on any atom is -0.227 e. The van der Waals surface area contributed by atoms with Gasteiger partial charge < -0.3 is 0 Å². The molecule has 1 aromatic heterocycles. The maximum Gasteiger partial charge on any atom is 0.297 e. The summed E-state index contributed by atoms with van der Waals surface area (Å²) >= 11 is 5.94. The molecule has 0 aliphatic rings. The Bertz CT molecular complexity index is 591. The third kappa shape index (κ3) is 2.43. The fourth-order valence-electron chi connectivity index (χ4n) is 1.67. The van der Waals surface area contributed by atoms with E-state index in [1.54, 1.807) is 6.07 Å². The number of halogens is 3. The molecule has 0 aliphatic heterocycles. The molecule has 0 saturated carbocycles. The highest BCUT2D eigenvalue weighted by atomic mass is 35.5. The first-order valence-electron chi connectivity index (χ1n) is 5.55. The van der Waals surface area contributed by atoms with Crippen molar-refractivity contribution in [2.45, 2.75) is 32.6 Å². The number of hydrogen-bond donors (Lipinski definition) is 0. The van der Waals surface area contributed by atoms with Crippen molar-refractivity contribution in [3.05, 3.63) is 34.7 Å². The smallest absolute Gasteiger partial charge is 0.227 e. The van der Waals surface area contributed by atoms with Gasteiger partial charge in [0.2, 0.25) is 0 Å². The average molecular weight is 271 g/mol. The summed E-state index contributed by atoms with van der Waals surface area (Å²) in [5, 5.41) is 0.676. The van der Waals surface area contributed by atoms with E-state index in [1.807, 2.05) is 12.1 Å². The first-order valence-corrected chi connectivity index (χ1v) is 5.92. The first-order chi connectivity index (χ1) is 8.29. The quantitative estimate of drug-likeness (QED) is 0.712. The molecule has 1 heterocycles. The molecular weight excluding hydrogens is 258 g/mol. The molecule has 1 aromatic carbocycles. The molecule has 5 heteroatoms. The number of hydrogen-bond acceptors (Lipinski definition) is 2. The summed E-state index contributed by atoms with van der Waals surface area (Å²) < 4.78 is 25.1. The lowest BCUT2D eigenvalue weighted by Crippen LogP contribution is -2.11. The number of rotatable bonds is 1. The van der Waals surface area contributed by atoms with Crippen LogP contribution in [0, 0.1) is 0 Å². The van der Waals surface area contributed by atoms with Crippen LogP contribution in [0.3, 0.4) is 0 Å². The second-order valence-corrected chi connectivity index (χ2v) is 5.51. The second kappa shape index (κ2) is 4.43. The molecule has 0 aliphatic carbocycles. The zero-order chi connectivity index (χ0) is 13.5. The van der Waals surface area contributed by atoms with Gasteiger partial charge in [0, 0.05) is 5.39 Å². The van der Waals surface area contributed by atoms with E-state index in [9.17, 15) is 8.78 Å². The molecule has 0 unspecified atom stereocenters. The van der Waals surface area contributed by atoms with Crippen molar-refractivity contribution in [1.29, 1.82) is 0 Å². The molecule has 0 bridgehead atoms. The molecule has 0 saturated heterocycles. The molecule has 0 atom stereocenters. The fourth-order valence-corrected chi connectivity index (χ4v) is 1.91. The first kappa shape index (κ1) is 13.1. The molecule has 2 rings (SSSR count). The minimum atomic E-state index is -2.71. The van der Waals surface area contributed by atoms with E-state index in [0.717, 1.165) is 5.56 Å². The van der Waals surface area contributed by atoms with Crippen LogP contribution in [0.1, 0.15) is 38.6 Å². The van der Waals surface area contributed by atoms with Crippen molar-refractivity contribution < 1.29 is 8.78 Å². The number of benzene rings is 1. The largest absolute Gasteiger partial charge is 0.297 e. The maximum atomic E-state index is 12.6. The third-order valence-electron chi connectivity index (χ3n) is 2.73. The van der Waals surface area contributed by atoms with Crippen LogP contribution in [0.5, 0.6) is 0 Å². The molecule has 0 amide bonds. The van der Waals surface area contributed by atoms with E-state index in [2.05, 4.69) is 30.7 Å². The van der Waals surface area contributed by atoms with Crippen LogP contribution in [-0.2, 0) is 5.41 Å². The van der Waals surface area contributed by atoms with Crippen molar-refractivity contribution in [2.75, 3.05) is 0 Å². The molecule has 0 N–H and O–H groups in total. The normalized spacial score (nSPS) is 12.4. The molecule has 0 fully saturated rings. The summed E-state index contributed by atoms with van der Waals surface area (Å²) in [6, 6.07) is 5.43. The van der Waals surface area contributed by atoms with Crippen molar-refractivity contribution in [3.63, 3.8) is 0 Å². The van der Waals surface area contributed by atoms with Gasteiger partial charge >= 0.3 is 0 Å². The number of aromatic nitrogens is 2. The van der Waals surface area contributed by atoms with Crippen LogP contribution in [0.4, 0.5) is 8.78 Å². The van der Waals surface area contributed by atoms with Gasteiger partial charge in [-0.05, 0) is 23.1 Å². The molecule has 0 spiro atoms. The lowest BCUT2D eigenvalue weighted by atomic mass is 9.86. The zero-order valence-electron chi connectivity index (χ0n) is 10.3. The second-order valence-electron chi connectivity index (χ2n) is 5.16. The molecule has 96 valence electrons. The predicted molar refractivity (Wildman–Crippen MR) is 68.2 cm³/mol. The molecule has 18 heavy (non-hydrogen) atoms. The van der Waals surface area contributed by atoms with E-state index < -0.39 is 12.2 Å². The summed E-state index contributed by atoms with van der Waals surface area (Å²) in [5.74, 6) is -0.531. The highest BCUT2D eigenvalue weighted by Gasteiger charge is 2.18. The van der Waals surface area contributed by atoms with Crippen LogP contribution >= 0.6 is 11.6 Å². The Balaban J connectivity index is 2.66. The van der Waals surface area contributed by atoms with Gasteiger partial charge in [-0.15, -0.1) is 0 Å². The van der Waals surface area contributed by atoms with E-state index in [-0.39, 0.29) is 10.6 Å². The van der Waals surface area contributed by atoms with Crippen LogP contribution in [0.2, 0.25) is 5.15 Å². The minimum absolute atomic E-state index is 0.0428. The molecule has 2 aromatic rings. The van der Waals surface area contributed by atoms with E-state index in [1.165, 1.54) is 0 Å². The Hall–Kier alpha value is -1.29. The Labute approximate surface area is 109 Å². The van der Waals surface area contributed by atoms with E-state index >= 15 is 0 Å². The highest BCUT2D eigenvalue weighted by molar-refractivity contribution is 6.34. The monoisotopic (exact) mass is 270 g/mol. The van der Waals surface area contributed by atoms with Crippen molar-refractivity contribution >= 4 is 22.5 Å². The van der Waals surface area contributed by atoms with Crippen LogP contribution in [0.15, 0.2) is 18.2 Å². The summed E-state index contributed by atoms with van der Waals surface area (Å²) in [6.45, 7) is 6.20. The average Bonchev–Trinajstić information content (AvgIpc) is 2.27. The Kier molecular flexibility index (Phi) is 3.23. The lowest BCUT2D eigenvalue weighted by molar-refractivity contribution is 0.141. The summed E-state index contributed by atoms with van der Waals surface area (Å²) in [7, 11) is 0.